The fourth-order valence-corrected chi connectivity index (χ4v) is 2.31. The maximum absolute atomic E-state index is 13.6. The van der Waals surface area contributed by atoms with Gasteiger partial charge in [0.15, 0.2) is 0 Å². The minimum absolute atomic E-state index is 0.0469. The lowest BCUT2D eigenvalue weighted by molar-refractivity contribution is 0.299. The van der Waals surface area contributed by atoms with Crippen LogP contribution in [0.1, 0.15) is 11.1 Å². The predicted molar refractivity (Wildman–Crippen MR) is 94.0 cm³/mol. The van der Waals surface area contributed by atoms with E-state index in [1.165, 1.54) is 12.1 Å². The van der Waals surface area contributed by atoms with Crippen LogP contribution in [-0.4, -0.2) is 0 Å². The lowest BCUT2D eigenvalue weighted by Crippen LogP contribution is -2.20. The fourth-order valence-electron chi connectivity index (χ4n) is 2.31. The molecule has 0 spiro atoms. The molecular formula is C20H18F2N2O. The Morgan fingerprint density at radius 3 is 2.48 bits per heavy atom. The number of para-hydroxylation sites is 1. The summed E-state index contributed by atoms with van der Waals surface area (Å²) in [4.78, 5) is 0. The Morgan fingerprint density at radius 1 is 0.840 bits per heavy atom. The van der Waals surface area contributed by atoms with Crippen molar-refractivity contribution in [2.24, 2.45) is 0 Å². The third-order valence-electron chi connectivity index (χ3n) is 3.61. The van der Waals surface area contributed by atoms with Crippen LogP contribution in [-0.2, 0) is 13.2 Å². The highest BCUT2D eigenvalue weighted by molar-refractivity contribution is 5.41. The molecule has 3 aromatic rings. The number of hydrogen-bond acceptors (Lipinski definition) is 3. The van der Waals surface area contributed by atoms with E-state index in [9.17, 15) is 8.78 Å². The van der Waals surface area contributed by atoms with E-state index in [4.69, 9.17) is 4.74 Å². The van der Waals surface area contributed by atoms with Crippen molar-refractivity contribution in [1.82, 2.24) is 5.43 Å². The van der Waals surface area contributed by atoms with Gasteiger partial charge in [0.1, 0.15) is 24.0 Å². The van der Waals surface area contributed by atoms with Gasteiger partial charge in [0.05, 0.1) is 0 Å². The van der Waals surface area contributed by atoms with E-state index >= 15 is 0 Å². The molecule has 0 heterocycles. The van der Waals surface area contributed by atoms with Gasteiger partial charge in [-0.1, -0.05) is 30.3 Å². The lowest BCUT2D eigenvalue weighted by atomic mass is 10.2. The molecule has 5 heteroatoms. The highest BCUT2D eigenvalue weighted by Crippen LogP contribution is 2.17. The van der Waals surface area contributed by atoms with Gasteiger partial charge in [-0.3, -0.25) is 0 Å². The van der Waals surface area contributed by atoms with Crippen molar-refractivity contribution in [3.8, 4) is 5.75 Å². The number of nitrogens with one attached hydrogen (secondary N) is 2. The molecule has 3 nitrogen and oxygen atoms in total. The first-order chi connectivity index (χ1) is 12.2. The summed E-state index contributed by atoms with van der Waals surface area (Å²) in [6, 6.07) is 20.8. The van der Waals surface area contributed by atoms with E-state index < -0.39 is 11.6 Å². The van der Waals surface area contributed by atoms with Gasteiger partial charge in [-0.25, -0.2) is 14.2 Å². The average Bonchev–Trinajstić information content (AvgIpc) is 2.62. The summed E-state index contributed by atoms with van der Waals surface area (Å²) in [7, 11) is 0. The van der Waals surface area contributed by atoms with E-state index in [-0.39, 0.29) is 6.61 Å². The van der Waals surface area contributed by atoms with Crippen molar-refractivity contribution in [3.63, 3.8) is 0 Å². The number of hydrazine groups is 1. The molecule has 0 saturated carbocycles. The molecule has 0 atom stereocenters. The molecule has 0 saturated heterocycles. The summed E-state index contributed by atoms with van der Waals surface area (Å²) < 4.78 is 32.1. The summed E-state index contributed by atoms with van der Waals surface area (Å²) in [6.45, 7) is 0.641. The predicted octanol–water partition coefficient (Wildman–Crippen LogP) is 4.66. The number of ether oxygens (including phenoxy) is 1. The Kier molecular flexibility index (Phi) is 5.59. The fraction of sp³-hybridized carbons (Fsp3) is 0.100. The largest absolute Gasteiger partial charge is 0.489 e. The standard InChI is InChI=1S/C20H18F2N2O/c21-17-10-9-16(20(22)12-17)14-25-19-8-4-5-15(11-19)13-23-24-18-6-2-1-3-7-18/h1-12,23-24H,13-14H2. The van der Waals surface area contributed by atoms with Crippen LogP contribution in [0.5, 0.6) is 5.75 Å². The zero-order valence-electron chi connectivity index (χ0n) is 13.5. The summed E-state index contributed by atoms with van der Waals surface area (Å²) in [5, 5.41) is 0. The summed E-state index contributed by atoms with van der Waals surface area (Å²) in [5.41, 5.74) is 8.54. The van der Waals surface area contributed by atoms with Gasteiger partial charge in [0.25, 0.3) is 0 Å². The Labute approximate surface area is 145 Å². The van der Waals surface area contributed by atoms with Crippen LogP contribution in [0.4, 0.5) is 14.5 Å². The first-order valence-electron chi connectivity index (χ1n) is 7.90. The maximum Gasteiger partial charge on any atom is 0.132 e. The first-order valence-corrected chi connectivity index (χ1v) is 7.90. The first kappa shape index (κ1) is 16.9. The van der Waals surface area contributed by atoms with E-state index in [0.717, 1.165) is 17.3 Å². The molecule has 0 aliphatic rings. The van der Waals surface area contributed by atoms with Crippen molar-refractivity contribution in [2.75, 3.05) is 5.43 Å². The molecule has 0 aliphatic heterocycles. The molecule has 0 radical (unpaired) electrons. The van der Waals surface area contributed by atoms with E-state index in [0.29, 0.717) is 17.9 Å². The second-order valence-corrected chi connectivity index (χ2v) is 5.52. The van der Waals surface area contributed by atoms with E-state index in [1.54, 1.807) is 6.07 Å². The molecule has 2 N–H and O–H groups in total. The minimum Gasteiger partial charge on any atom is -0.489 e. The van der Waals surface area contributed by atoms with Crippen LogP contribution in [0.15, 0.2) is 72.8 Å². The third kappa shape index (κ3) is 5.02. The molecule has 128 valence electrons. The van der Waals surface area contributed by atoms with Crippen LogP contribution >= 0.6 is 0 Å². The van der Waals surface area contributed by atoms with Crippen LogP contribution < -0.4 is 15.6 Å². The molecule has 3 rings (SSSR count). The quantitative estimate of drug-likeness (QED) is 0.614. The van der Waals surface area contributed by atoms with E-state index in [1.807, 2.05) is 48.5 Å². The Balaban J connectivity index is 1.54. The highest BCUT2D eigenvalue weighted by atomic mass is 19.1. The van der Waals surface area contributed by atoms with Crippen molar-refractivity contribution in [1.29, 1.82) is 0 Å². The monoisotopic (exact) mass is 340 g/mol. The Morgan fingerprint density at radius 2 is 1.68 bits per heavy atom. The van der Waals surface area contributed by atoms with Crippen LogP contribution in [0.3, 0.4) is 0 Å². The van der Waals surface area contributed by atoms with Crippen molar-refractivity contribution < 1.29 is 13.5 Å². The van der Waals surface area contributed by atoms with Gasteiger partial charge < -0.3 is 10.2 Å². The summed E-state index contributed by atoms with van der Waals surface area (Å²) in [6.07, 6.45) is 0. The van der Waals surface area contributed by atoms with E-state index in [2.05, 4.69) is 10.9 Å². The molecule has 3 aromatic carbocycles. The minimum atomic E-state index is -0.607. The van der Waals surface area contributed by atoms with Gasteiger partial charge in [-0.15, -0.1) is 0 Å². The number of benzene rings is 3. The average molecular weight is 340 g/mol. The molecule has 0 aromatic heterocycles. The molecular weight excluding hydrogens is 322 g/mol. The second-order valence-electron chi connectivity index (χ2n) is 5.52. The maximum atomic E-state index is 13.6. The second kappa shape index (κ2) is 8.26. The zero-order valence-corrected chi connectivity index (χ0v) is 13.5. The Hall–Kier alpha value is -2.92. The molecule has 0 amide bonds. The lowest BCUT2D eigenvalue weighted by Gasteiger charge is -2.11. The molecule has 25 heavy (non-hydrogen) atoms. The zero-order chi connectivity index (χ0) is 17.5. The van der Waals surface area contributed by atoms with Gasteiger partial charge in [-0.2, -0.15) is 0 Å². The number of rotatable bonds is 7. The topological polar surface area (TPSA) is 33.3 Å². The normalized spacial score (nSPS) is 10.5. The van der Waals surface area contributed by atoms with Crippen LogP contribution in [0.2, 0.25) is 0 Å². The van der Waals surface area contributed by atoms with Crippen LogP contribution in [0.25, 0.3) is 0 Å². The van der Waals surface area contributed by atoms with Gasteiger partial charge >= 0.3 is 0 Å². The summed E-state index contributed by atoms with van der Waals surface area (Å²) >= 11 is 0. The van der Waals surface area contributed by atoms with Gasteiger partial charge in [-0.05, 0) is 42.0 Å². The SMILES string of the molecule is Fc1ccc(COc2cccc(CNNc3ccccc3)c2)c(F)c1. The highest BCUT2D eigenvalue weighted by Gasteiger charge is 2.05. The van der Waals surface area contributed by atoms with Crippen molar-refractivity contribution in [3.05, 3.63) is 95.6 Å². The smallest absolute Gasteiger partial charge is 0.132 e. The molecule has 0 bridgehead atoms. The van der Waals surface area contributed by atoms with Gasteiger partial charge in [0, 0.05) is 23.9 Å². The molecule has 0 aliphatic carbocycles. The van der Waals surface area contributed by atoms with Crippen LogP contribution in [0, 0.1) is 11.6 Å². The third-order valence-corrected chi connectivity index (χ3v) is 3.61. The van der Waals surface area contributed by atoms with Crippen molar-refractivity contribution in [2.45, 2.75) is 13.2 Å². The van der Waals surface area contributed by atoms with Gasteiger partial charge in [0.2, 0.25) is 0 Å². The number of halogens is 2. The molecule has 0 unspecified atom stereocenters. The summed E-state index contributed by atoms with van der Waals surface area (Å²) in [5.74, 6) is -0.576. The number of anilines is 1. The van der Waals surface area contributed by atoms with Crippen molar-refractivity contribution >= 4 is 5.69 Å². The Bertz CT molecular complexity index is 825. The molecule has 0 fully saturated rings. The number of hydrogen-bond donors (Lipinski definition) is 2.